The number of hydrogen-bond donors (Lipinski definition) is 1. The van der Waals surface area contributed by atoms with E-state index in [1.54, 1.807) is 29.7 Å². The highest BCUT2D eigenvalue weighted by atomic mass is 32.2. The first kappa shape index (κ1) is 20.0. The Bertz CT molecular complexity index is 1170. The standard InChI is InChI=1S/C22H21N3O4S/c1-3-10-25-21(27)16-6-4-5-7-17(16)24-22(25)30-14(2)20(26)23-12-15-8-9-18-19(11-15)29-13-28-18/h3-9,11,14H,1,10,12-13H2,2H3,(H,23,26)/t14-/m0/s1. The molecule has 1 aliphatic rings. The molecule has 1 N–H and O–H groups in total. The normalized spacial score (nSPS) is 13.2. The van der Waals surface area contributed by atoms with Crippen molar-refractivity contribution in [1.82, 2.24) is 14.9 Å². The molecule has 4 rings (SSSR count). The van der Waals surface area contributed by atoms with Crippen molar-refractivity contribution in [3.8, 4) is 11.5 Å². The van der Waals surface area contributed by atoms with Crippen LogP contribution in [0.1, 0.15) is 12.5 Å². The highest BCUT2D eigenvalue weighted by Crippen LogP contribution is 2.32. The van der Waals surface area contributed by atoms with Crippen molar-refractivity contribution < 1.29 is 14.3 Å². The second kappa shape index (κ2) is 8.62. The van der Waals surface area contributed by atoms with Gasteiger partial charge in [-0.3, -0.25) is 14.2 Å². The molecule has 0 unspecified atom stereocenters. The summed E-state index contributed by atoms with van der Waals surface area (Å²) in [4.78, 5) is 30.1. The molecule has 1 amide bonds. The lowest BCUT2D eigenvalue weighted by atomic mass is 10.2. The Morgan fingerprint density at radius 3 is 2.93 bits per heavy atom. The minimum absolute atomic E-state index is 0.143. The van der Waals surface area contributed by atoms with Crippen LogP contribution in [0.15, 0.2) is 65.1 Å². The Labute approximate surface area is 177 Å². The predicted octanol–water partition coefficient (Wildman–Crippen LogP) is 3.11. The van der Waals surface area contributed by atoms with E-state index < -0.39 is 5.25 Å². The maximum absolute atomic E-state index is 12.8. The number of allylic oxidation sites excluding steroid dienone is 1. The average molecular weight is 423 g/mol. The second-order valence-electron chi connectivity index (χ2n) is 6.78. The first-order chi connectivity index (χ1) is 14.6. The fourth-order valence-corrected chi connectivity index (χ4v) is 4.07. The summed E-state index contributed by atoms with van der Waals surface area (Å²) in [5.41, 5.74) is 1.38. The van der Waals surface area contributed by atoms with E-state index in [4.69, 9.17) is 9.47 Å². The lowest BCUT2D eigenvalue weighted by Gasteiger charge is -2.15. The monoisotopic (exact) mass is 423 g/mol. The summed E-state index contributed by atoms with van der Waals surface area (Å²) in [7, 11) is 0. The number of para-hydroxylation sites is 1. The third-order valence-corrected chi connectivity index (χ3v) is 5.78. The summed E-state index contributed by atoms with van der Waals surface area (Å²) in [6, 6.07) is 12.8. The van der Waals surface area contributed by atoms with Crippen molar-refractivity contribution in [3.63, 3.8) is 0 Å². The number of nitrogens with zero attached hydrogens (tertiary/aromatic N) is 2. The van der Waals surface area contributed by atoms with Gasteiger partial charge in [0.25, 0.3) is 5.56 Å². The molecule has 0 saturated carbocycles. The maximum Gasteiger partial charge on any atom is 0.262 e. The lowest BCUT2D eigenvalue weighted by Crippen LogP contribution is -2.31. The van der Waals surface area contributed by atoms with Crippen molar-refractivity contribution >= 4 is 28.6 Å². The number of benzene rings is 2. The molecule has 2 aromatic carbocycles. The van der Waals surface area contributed by atoms with Gasteiger partial charge in [-0.2, -0.15) is 0 Å². The number of aromatic nitrogens is 2. The Balaban J connectivity index is 1.48. The molecule has 0 saturated heterocycles. The van der Waals surface area contributed by atoms with Gasteiger partial charge in [0.2, 0.25) is 12.7 Å². The molecule has 2 heterocycles. The molecular weight excluding hydrogens is 402 g/mol. The number of nitrogens with one attached hydrogen (secondary N) is 1. The third-order valence-electron chi connectivity index (χ3n) is 4.69. The van der Waals surface area contributed by atoms with Crippen LogP contribution in [-0.4, -0.2) is 27.5 Å². The van der Waals surface area contributed by atoms with Crippen LogP contribution in [-0.2, 0) is 17.9 Å². The Morgan fingerprint density at radius 2 is 2.10 bits per heavy atom. The molecule has 0 spiro atoms. The van der Waals surface area contributed by atoms with Crippen LogP contribution < -0.4 is 20.3 Å². The van der Waals surface area contributed by atoms with Gasteiger partial charge in [-0.25, -0.2) is 4.98 Å². The average Bonchev–Trinajstić information content (AvgIpc) is 3.22. The van der Waals surface area contributed by atoms with Gasteiger partial charge in [-0.1, -0.05) is 36.0 Å². The summed E-state index contributed by atoms with van der Waals surface area (Å²) < 4.78 is 12.2. The van der Waals surface area contributed by atoms with Gasteiger partial charge >= 0.3 is 0 Å². The minimum atomic E-state index is -0.442. The van der Waals surface area contributed by atoms with E-state index in [-0.39, 0.29) is 18.3 Å². The van der Waals surface area contributed by atoms with Crippen molar-refractivity contribution in [1.29, 1.82) is 0 Å². The van der Waals surface area contributed by atoms with Crippen LogP contribution >= 0.6 is 11.8 Å². The summed E-state index contributed by atoms with van der Waals surface area (Å²) in [6.07, 6.45) is 1.65. The molecule has 1 aliphatic heterocycles. The predicted molar refractivity (Wildman–Crippen MR) is 116 cm³/mol. The van der Waals surface area contributed by atoms with Crippen LogP contribution in [0.3, 0.4) is 0 Å². The zero-order valence-corrected chi connectivity index (χ0v) is 17.3. The molecule has 7 nitrogen and oxygen atoms in total. The SMILES string of the molecule is C=CCn1c(S[C@@H](C)C(=O)NCc2ccc3c(c2)OCO3)nc2ccccc2c1=O. The van der Waals surface area contributed by atoms with E-state index in [0.717, 1.165) is 5.56 Å². The first-order valence-corrected chi connectivity index (χ1v) is 10.4. The zero-order chi connectivity index (χ0) is 21.1. The maximum atomic E-state index is 12.8. The first-order valence-electron chi connectivity index (χ1n) is 9.50. The minimum Gasteiger partial charge on any atom is -0.454 e. The van der Waals surface area contributed by atoms with Gasteiger partial charge < -0.3 is 14.8 Å². The van der Waals surface area contributed by atoms with E-state index in [1.807, 2.05) is 30.3 Å². The highest BCUT2D eigenvalue weighted by Gasteiger charge is 2.19. The largest absolute Gasteiger partial charge is 0.454 e. The van der Waals surface area contributed by atoms with E-state index in [2.05, 4.69) is 16.9 Å². The summed E-state index contributed by atoms with van der Waals surface area (Å²) in [6.45, 7) is 6.42. The highest BCUT2D eigenvalue weighted by molar-refractivity contribution is 8.00. The van der Waals surface area contributed by atoms with Gasteiger partial charge in [-0.15, -0.1) is 6.58 Å². The number of ether oxygens (including phenoxy) is 2. The van der Waals surface area contributed by atoms with Crippen molar-refractivity contribution in [2.45, 2.75) is 30.4 Å². The zero-order valence-electron chi connectivity index (χ0n) is 16.5. The van der Waals surface area contributed by atoms with Gasteiger partial charge in [-0.05, 0) is 36.8 Å². The smallest absolute Gasteiger partial charge is 0.262 e. The van der Waals surface area contributed by atoms with E-state index in [9.17, 15) is 9.59 Å². The number of amides is 1. The summed E-state index contributed by atoms with van der Waals surface area (Å²) in [5.74, 6) is 1.24. The molecule has 154 valence electrons. The van der Waals surface area contributed by atoms with Gasteiger partial charge in [0.05, 0.1) is 16.2 Å². The quantitative estimate of drug-likeness (QED) is 0.357. The third kappa shape index (κ3) is 4.04. The number of fused-ring (bicyclic) bond motifs is 2. The Hall–Kier alpha value is -3.26. The lowest BCUT2D eigenvalue weighted by molar-refractivity contribution is -0.120. The molecule has 3 aromatic rings. The molecule has 0 fully saturated rings. The summed E-state index contributed by atoms with van der Waals surface area (Å²) >= 11 is 1.25. The van der Waals surface area contributed by atoms with Crippen LogP contribution in [0.4, 0.5) is 0 Å². The van der Waals surface area contributed by atoms with Gasteiger partial charge in [0.1, 0.15) is 0 Å². The molecular formula is C22H21N3O4S. The molecule has 0 bridgehead atoms. The van der Waals surface area contributed by atoms with Gasteiger partial charge in [0, 0.05) is 13.1 Å². The van der Waals surface area contributed by atoms with E-state index in [0.29, 0.717) is 40.6 Å². The molecule has 30 heavy (non-hydrogen) atoms. The summed E-state index contributed by atoms with van der Waals surface area (Å²) in [5, 5.41) is 3.52. The number of rotatable bonds is 7. The fraction of sp³-hybridized carbons (Fsp3) is 0.227. The number of thioether (sulfide) groups is 1. The second-order valence-corrected chi connectivity index (χ2v) is 8.09. The molecule has 0 radical (unpaired) electrons. The number of hydrogen-bond acceptors (Lipinski definition) is 6. The Kier molecular flexibility index (Phi) is 5.76. The van der Waals surface area contributed by atoms with Crippen LogP contribution in [0, 0.1) is 0 Å². The van der Waals surface area contributed by atoms with Crippen LogP contribution in [0.5, 0.6) is 11.5 Å². The van der Waals surface area contributed by atoms with Crippen molar-refractivity contribution in [2.24, 2.45) is 0 Å². The topological polar surface area (TPSA) is 82.5 Å². The molecule has 1 aromatic heterocycles. The fourth-order valence-electron chi connectivity index (χ4n) is 3.12. The molecule has 8 heteroatoms. The van der Waals surface area contributed by atoms with E-state index in [1.165, 1.54) is 11.8 Å². The van der Waals surface area contributed by atoms with Crippen LogP contribution in [0.2, 0.25) is 0 Å². The number of carbonyl (C=O) groups excluding carboxylic acids is 1. The van der Waals surface area contributed by atoms with E-state index >= 15 is 0 Å². The number of carbonyl (C=O) groups is 1. The van der Waals surface area contributed by atoms with Crippen LogP contribution in [0.25, 0.3) is 10.9 Å². The molecule has 0 aliphatic carbocycles. The van der Waals surface area contributed by atoms with Crippen molar-refractivity contribution in [3.05, 3.63) is 71.0 Å². The molecule has 1 atom stereocenters. The van der Waals surface area contributed by atoms with Crippen molar-refractivity contribution in [2.75, 3.05) is 6.79 Å². The Morgan fingerprint density at radius 1 is 1.30 bits per heavy atom. The van der Waals surface area contributed by atoms with Gasteiger partial charge in [0.15, 0.2) is 16.7 Å².